The van der Waals surface area contributed by atoms with Crippen molar-refractivity contribution in [3.8, 4) is 17.2 Å². The zero-order valence-electron chi connectivity index (χ0n) is 14.6. The van der Waals surface area contributed by atoms with Gasteiger partial charge < -0.3 is 14.2 Å². The molecule has 4 nitrogen and oxygen atoms in total. The molecule has 0 amide bonds. The van der Waals surface area contributed by atoms with E-state index in [1.807, 2.05) is 54.6 Å². The highest BCUT2D eigenvalue weighted by atomic mass is 79.9. The topological polar surface area (TPSA) is 44.8 Å². The predicted molar refractivity (Wildman–Crippen MR) is 105 cm³/mol. The number of aryl methyl sites for hydroxylation is 1. The average molecular weight is 415 g/mol. The normalized spacial score (nSPS) is 10.6. The minimum atomic E-state index is -0.267. The van der Waals surface area contributed by atoms with E-state index in [-0.39, 0.29) is 12.4 Å². The molecule has 0 fully saturated rings. The number of carbonyl (C=O) groups excluding carboxylic acids is 1. The fourth-order valence-electron chi connectivity index (χ4n) is 2.72. The van der Waals surface area contributed by atoms with Gasteiger partial charge in [-0.05, 0) is 59.2 Å². The van der Waals surface area contributed by atoms with Crippen LogP contribution in [0.25, 0.3) is 10.8 Å². The Morgan fingerprint density at radius 3 is 2.38 bits per heavy atom. The van der Waals surface area contributed by atoms with Crippen LogP contribution < -0.4 is 14.2 Å². The summed E-state index contributed by atoms with van der Waals surface area (Å²) in [5.41, 5.74) is 0.989. The zero-order chi connectivity index (χ0) is 18.5. The van der Waals surface area contributed by atoms with Crippen molar-refractivity contribution in [2.45, 2.75) is 12.8 Å². The Bertz CT molecular complexity index is 936. The van der Waals surface area contributed by atoms with Crippen LogP contribution in [0.5, 0.6) is 17.2 Å². The van der Waals surface area contributed by atoms with E-state index in [1.165, 1.54) is 0 Å². The second kappa shape index (κ2) is 8.23. The summed E-state index contributed by atoms with van der Waals surface area (Å²) in [5.74, 6) is 1.61. The summed E-state index contributed by atoms with van der Waals surface area (Å²) < 4.78 is 17.0. The van der Waals surface area contributed by atoms with E-state index in [0.717, 1.165) is 20.8 Å². The van der Waals surface area contributed by atoms with Crippen molar-refractivity contribution in [1.82, 2.24) is 0 Å². The molecule has 0 saturated carbocycles. The predicted octanol–water partition coefficient (Wildman–Crippen LogP) is 5.16. The van der Waals surface area contributed by atoms with Crippen LogP contribution in [0.3, 0.4) is 0 Å². The smallest absolute Gasteiger partial charge is 0.311 e. The summed E-state index contributed by atoms with van der Waals surface area (Å²) in [4.78, 5) is 12.2. The summed E-state index contributed by atoms with van der Waals surface area (Å²) in [6.07, 6.45) is 0.855. The Morgan fingerprint density at radius 2 is 1.62 bits per heavy atom. The van der Waals surface area contributed by atoms with Crippen LogP contribution in [0.15, 0.2) is 59.1 Å². The van der Waals surface area contributed by atoms with Crippen molar-refractivity contribution in [2.75, 3.05) is 14.2 Å². The molecular weight excluding hydrogens is 396 g/mol. The Hall–Kier alpha value is -2.53. The fourth-order valence-corrected chi connectivity index (χ4v) is 3.10. The second-order valence-corrected chi connectivity index (χ2v) is 6.73. The third-order valence-electron chi connectivity index (χ3n) is 4.07. The molecule has 3 rings (SSSR count). The van der Waals surface area contributed by atoms with Gasteiger partial charge >= 0.3 is 5.97 Å². The number of rotatable bonds is 6. The average Bonchev–Trinajstić information content (AvgIpc) is 2.66. The Labute approximate surface area is 160 Å². The Morgan fingerprint density at radius 1 is 0.885 bits per heavy atom. The van der Waals surface area contributed by atoms with Crippen molar-refractivity contribution >= 4 is 32.7 Å². The maximum Gasteiger partial charge on any atom is 0.311 e. The molecule has 3 aromatic carbocycles. The van der Waals surface area contributed by atoms with Crippen molar-refractivity contribution in [3.63, 3.8) is 0 Å². The number of hydrogen-bond donors (Lipinski definition) is 0. The Kier molecular flexibility index (Phi) is 5.78. The van der Waals surface area contributed by atoms with E-state index in [2.05, 4.69) is 15.9 Å². The van der Waals surface area contributed by atoms with E-state index in [9.17, 15) is 4.79 Å². The molecule has 134 valence electrons. The van der Waals surface area contributed by atoms with Gasteiger partial charge in [0, 0.05) is 10.9 Å². The largest absolute Gasteiger partial charge is 0.493 e. The van der Waals surface area contributed by atoms with Gasteiger partial charge in [-0.1, -0.05) is 34.1 Å². The molecule has 0 aliphatic rings. The van der Waals surface area contributed by atoms with Gasteiger partial charge in [-0.2, -0.15) is 0 Å². The standard InChI is InChI=1S/C21H19BrO4/c1-24-19-9-3-14(11-20(19)25-2)4-10-21(23)26-18-8-6-15-12-17(22)7-5-16(15)13-18/h3,5-9,11-13H,4,10H2,1-2H3. The number of esters is 1. The monoisotopic (exact) mass is 414 g/mol. The van der Waals surface area contributed by atoms with Gasteiger partial charge in [0.15, 0.2) is 11.5 Å². The minimum Gasteiger partial charge on any atom is -0.493 e. The van der Waals surface area contributed by atoms with Crippen LogP contribution >= 0.6 is 15.9 Å². The summed E-state index contributed by atoms with van der Waals surface area (Å²) in [6, 6.07) is 17.2. The lowest BCUT2D eigenvalue weighted by Crippen LogP contribution is -2.09. The SMILES string of the molecule is COc1ccc(CCC(=O)Oc2ccc3cc(Br)ccc3c2)cc1OC. The first-order chi connectivity index (χ1) is 12.6. The maximum atomic E-state index is 12.2. The molecule has 0 N–H and O–H groups in total. The quantitative estimate of drug-likeness (QED) is 0.412. The van der Waals surface area contributed by atoms with Crippen LogP contribution in [-0.2, 0) is 11.2 Å². The highest BCUT2D eigenvalue weighted by Gasteiger charge is 2.09. The van der Waals surface area contributed by atoms with Gasteiger partial charge in [0.25, 0.3) is 0 Å². The first kappa shape index (κ1) is 18.3. The van der Waals surface area contributed by atoms with Crippen molar-refractivity contribution < 1.29 is 19.0 Å². The van der Waals surface area contributed by atoms with E-state index in [4.69, 9.17) is 14.2 Å². The minimum absolute atomic E-state index is 0.267. The van der Waals surface area contributed by atoms with Gasteiger partial charge in [0.1, 0.15) is 5.75 Å². The van der Waals surface area contributed by atoms with Crippen molar-refractivity contribution in [1.29, 1.82) is 0 Å². The molecule has 0 bridgehead atoms. The van der Waals surface area contributed by atoms with Crippen LogP contribution in [0.1, 0.15) is 12.0 Å². The lowest BCUT2D eigenvalue weighted by molar-refractivity contribution is -0.134. The summed E-state index contributed by atoms with van der Waals surface area (Å²) in [6.45, 7) is 0. The number of ether oxygens (including phenoxy) is 3. The number of hydrogen-bond acceptors (Lipinski definition) is 4. The molecule has 26 heavy (non-hydrogen) atoms. The molecule has 0 saturated heterocycles. The number of halogens is 1. The lowest BCUT2D eigenvalue weighted by Gasteiger charge is -2.10. The molecule has 0 heterocycles. The molecule has 0 spiro atoms. The molecule has 0 unspecified atom stereocenters. The first-order valence-electron chi connectivity index (χ1n) is 8.20. The molecule has 5 heteroatoms. The number of benzene rings is 3. The first-order valence-corrected chi connectivity index (χ1v) is 8.99. The van der Waals surface area contributed by atoms with Gasteiger partial charge in [-0.25, -0.2) is 0 Å². The maximum absolute atomic E-state index is 12.2. The number of methoxy groups -OCH3 is 2. The fraction of sp³-hybridized carbons (Fsp3) is 0.190. The highest BCUT2D eigenvalue weighted by molar-refractivity contribution is 9.10. The zero-order valence-corrected chi connectivity index (χ0v) is 16.2. The van der Waals surface area contributed by atoms with E-state index < -0.39 is 0 Å². The molecule has 0 atom stereocenters. The molecule has 0 radical (unpaired) electrons. The molecule has 0 aliphatic carbocycles. The van der Waals surface area contributed by atoms with Crippen LogP contribution in [0, 0.1) is 0 Å². The van der Waals surface area contributed by atoms with Crippen LogP contribution in [0.4, 0.5) is 0 Å². The second-order valence-electron chi connectivity index (χ2n) is 5.82. The lowest BCUT2D eigenvalue weighted by atomic mass is 10.1. The molecular formula is C21H19BrO4. The molecule has 0 aliphatic heterocycles. The van der Waals surface area contributed by atoms with Gasteiger partial charge in [-0.3, -0.25) is 4.79 Å². The Balaban J connectivity index is 1.63. The van der Waals surface area contributed by atoms with Gasteiger partial charge in [0.2, 0.25) is 0 Å². The highest BCUT2D eigenvalue weighted by Crippen LogP contribution is 2.28. The van der Waals surface area contributed by atoms with Crippen LogP contribution in [-0.4, -0.2) is 20.2 Å². The summed E-state index contributed by atoms with van der Waals surface area (Å²) in [7, 11) is 3.19. The van der Waals surface area contributed by atoms with Crippen molar-refractivity contribution in [2.24, 2.45) is 0 Å². The number of fused-ring (bicyclic) bond motifs is 1. The van der Waals surface area contributed by atoms with E-state index in [0.29, 0.717) is 23.7 Å². The van der Waals surface area contributed by atoms with E-state index in [1.54, 1.807) is 14.2 Å². The van der Waals surface area contributed by atoms with Gasteiger partial charge in [0.05, 0.1) is 14.2 Å². The molecule has 0 aromatic heterocycles. The number of carbonyl (C=O) groups is 1. The van der Waals surface area contributed by atoms with Gasteiger partial charge in [-0.15, -0.1) is 0 Å². The third kappa shape index (κ3) is 4.35. The summed E-state index contributed by atoms with van der Waals surface area (Å²) >= 11 is 3.45. The third-order valence-corrected chi connectivity index (χ3v) is 4.56. The molecule has 3 aromatic rings. The van der Waals surface area contributed by atoms with Crippen LogP contribution in [0.2, 0.25) is 0 Å². The van der Waals surface area contributed by atoms with Crippen molar-refractivity contribution in [3.05, 3.63) is 64.6 Å². The van der Waals surface area contributed by atoms with E-state index >= 15 is 0 Å². The summed E-state index contributed by atoms with van der Waals surface area (Å²) in [5, 5.41) is 2.11.